The Labute approximate surface area is 85.6 Å². The molecule has 0 saturated heterocycles. The van der Waals surface area contributed by atoms with Crippen molar-refractivity contribution in [3.8, 4) is 0 Å². The monoisotopic (exact) mass is 244 g/mol. The summed E-state index contributed by atoms with van der Waals surface area (Å²) in [6, 6.07) is -0.440. The molecule has 0 N–H and O–H groups in total. The van der Waals surface area contributed by atoms with Gasteiger partial charge in [0, 0.05) is 13.1 Å². The summed E-state index contributed by atoms with van der Waals surface area (Å²) in [7, 11) is -5.91. The number of hydrazine groups is 1. The van der Waals surface area contributed by atoms with Crippen molar-refractivity contribution in [2.75, 3.05) is 19.6 Å². The Morgan fingerprint density at radius 2 is 1.29 bits per heavy atom. The molecule has 0 radical (unpaired) electrons. The van der Waals surface area contributed by atoms with E-state index in [4.69, 9.17) is 0 Å². The van der Waals surface area contributed by atoms with Gasteiger partial charge in [-0.2, -0.15) is 0 Å². The molecule has 0 rings (SSSR count). The number of rotatable bonds is 4. The Morgan fingerprint density at radius 3 is 1.36 bits per heavy atom. The van der Waals surface area contributed by atoms with E-state index >= 15 is 0 Å². The fourth-order valence-corrected chi connectivity index (χ4v) is 3.45. The number of hydrogen-bond donors (Lipinski definition) is 0. The summed E-state index contributed by atoms with van der Waals surface area (Å²) in [5, 5.41) is 0. The van der Waals surface area contributed by atoms with Crippen molar-refractivity contribution in [1.82, 2.24) is 8.83 Å². The molecular weight excluding hydrogens is 228 g/mol. The van der Waals surface area contributed by atoms with Crippen molar-refractivity contribution in [3.63, 3.8) is 0 Å². The summed E-state index contributed by atoms with van der Waals surface area (Å²) in [4.78, 5) is 0. The van der Waals surface area contributed by atoms with Crippen molar-refractivity contribution >= 4 is 20.0 Å². The Morgan fingerprint density at radius 1 is 0.929 bits per heavy atom. The van der Waals surface area contributed by atoms with Gasteiger partial charge in [-0.05, 0) is 13.8 Å². The van der Waals surface area contributed by atoms with E-state index in [2.05, 4.69) is 0 Å². The van der Waals surface area contributed by atoms with Gasteiger partial charge in [-0.15, -0.1) is 8.83 Å². The first kappa shape index (κ1) is 13.8. The molecule has 0 aromatic rings. The smallest absolute Gasteiger partial charge is 0.211 e. The van der Waals surface area contributed by atoms with Crippen LogP contribution in [0.15, 0.2) is 0 Å². The molecule has 0 aliphatic carbocycles. The van der Waals surface area contributed by atoms with Crippen LogP contribution in [-0.4, -0.2) is 51.3 Å². The van der Waals surface area contributed by atoms with E-state index in [0.717, 1.165) is 21.3 Å². The van der Waals surface area contributed by atoms with Crippen LogP contribution in [0, 0.1) is 0 Å². The fourth-order valence-electron chi connectivity index (χ4n) is 1.06. The third-order valence-corrected chi connectivity index (χ3v) is 4.12. The summed E-state index contributed by atoms with van der Waals surface area (Å²) in [5.41, 5.74) is 0. The van der Waals surface area contributed by atoms with Crippen LogP contribution in [0.5, 0.6) is 0 Å². The number of sulfonamides is 2. The minimum Gasteiger partial charge on any atom is -0.211 e. The molecule has 0 aromatic carbocycles. The molecule has 8 heteroatoms. The Balaban J connectivity index is 5.28. The molecule has 0 aromatic heterocycles. The maximum Gasteiger partial charge on any atom is 0.225 e. The molecule has 0 unspecified atom stereocenters. The van der Waals surface area contributed by atoms with Crippen molar-refractivity contribution in [1.29, 1.82) is 0 Å². The van der Waals surface area contributed by atoms with E-state index in [1.807, 2.05) is 0 Å². The van der Waals surface area contributed by atoms with Crippen LogP contribution in [0.1, 0.15) is 13.8 Å². The van der Waals surface area contributed by atoms with Gasteiger partial charge in [-0.3, -0.25) is 0 Å². The van der Waals surface area contributed by atoms with Gasteiger partial charge in [-0.25, -0.2) is 16.8 Å². The summed E-state index contributed by atoms with van der Waals surface area (Å²) >= 11 is 0. The van der Waals surface area contributed by atoms with E-state index < -0.39 is 26.1 Å². The van der Waals surface area contributed by atoms with Gasteiger partial charge in [0.2, 0.25) is 20.0 Å². The number of nitrogens with zero attached hydrogens (tertiary/aromatic N) is 2. The zero-order valence-electron chi connectivity index (χ0n) is 8.92. The highest BCUT2D eigenvalue weighted by molar-refractivity contribution is 7.91. The van der Waals surface area contributed by atoms with Gasteiger partial charge in [0.05, 0.1) is 12.5 Å². The first-order chi connectivity index (χ1) is 5.98. The second kappa shape index (κ2) is 4.13. The molecule has 0 saturated carbocycles. The standard InChI is InChI=1S/C6H16N2O4S2/c1-6(2)8(14(5,11)12)7(3)13(4,9)10/h6H,1-5H3. The molecule has 0 fully saturated rings. The first-order valence-electron chi connectivity index (χ1n) is 3.91. The lowest BCUT2D eigenvalue weighted by Crippen LogP contribution is -2.49. The van der Waals surface area contributed by atoms with E-state index in [-0.39, 0.29) is 0 Å². The second-order valence-electron chi connectivity index (χ2n) is 3.33. The first-order valence-corrected chi connectivity index (χ1v) is 7.61. The van der Waals surface area contributed by atoms with Gasteiger partial charge in [0.1, 0.15) is 0 Å². The maximum atomic E-state index is 11.3. The van der Waals surface area contributed by atoms with Crippen LogP contribution < -0.4 is 0 Å². The van der Waals surface area contributed by atoms with Crippen LogP contribution in [0.3, 0.4) is 0 Å². The van der Waals surface area contributed by atoms with Gasteiger partial charge in [0.15, 0.2) is 0 Å². The van der Waals surface area contributed by atoms with Crippen LogP contribution in [0.2, 0.25) is 0 Å². The van der Waals surface area contributed by atoms with Crippen LogP contribution in [-0.2, 0) is 20.0 Å². The zero-order valence-corrected chi connectivity index (χ0v) is 10.6. The van der Waals surface area contributed by atoms with Crippen molar-refractivity contribution < 1.29 is 16.8 Å². The molecule has 0 atom stereocenters. The summed E-state index contributed by atoms with van der Waals surface area (Å²) in [6.07, 6.45) is 1.92. The highest BCUT2D eigenvalue weighted by atomic mass is 32.2. The van der Waals surface area contributed by atoms with Gasteiger partial charge < -0.3 is 0 Å². The minimum absolute atomic E-state index is 0.440. The van der Waals surface area contributed by atoms with Gasteiger partial charge >= 0.3 is 0 Å². The lowest BCUT2D eigenvalue weighted by Gasteiger charge is -2.30. The molecule has 0 spiro atoms. The largest absolute Gasteiger partial charge is 0.225 e. The maximum absolute atomic E-state index is 11.3. The molecule has 14 heavy (non-hydrogen) atoms. The zero-order chi connectivity index (χ0) is 11.7. The van der Waals surface area contributed by atoms with E-state index in [1.165, 1.54) is 7.05 Å². The van der Waals surface area contributed by atoms with Crippen molar-refractivity contribution in [2.24, 2.45) is 0 Å². The molecule has 0 amide bonds. The molecular formula is C6H16N2O4S2. The minimum atomic E-state index is -3.57. The van der Waals surface area contributed by atoms with Crippen LogP contribution in [0.25, 0.3) is 0 Å². The lowest BCUT2D eigenvalue weighted by atomic mass is 10.4. The molecule has 0 bridgehead atoms. The topological polar surface area (TPSA) is 74.8 Å². The predicted molar refractivity (Wildman–Crippen MR) is 54.4 cm³/mol. The van der Waals surface area contributed by atoms with E-state index in [9.17, 15) is 16.8 Å². The summed E-state index contributed by atoms with van der Waals surface area (Å²) < 4.78 is 46.4. The average molecular weight is 244 g/mol. The quantitative estimate of drug-likeness (QED) is 0.623. The highest BCUT2D eigenvalue weighted by Crippen LogP contribution is 2.11. The predicted octanol–water partition coefficient (Wildman–Crippen LogP) is -0.537. The Kier molecular flexibility index (Phi) is 4.08. The van der Waals surface area contributed by atoms with E-state index in [1.54, 1.807) is 13.8 Å². The Hall–Kier alpha value is -0.180. The Bertz CT molecular complexity index is 384. The lowest BCUT2D eigenvalue weighted by molar-refractivity contribution is 0.160. The molecule has 86 valence electrons. The molecule has 0 aliphatic rings. The molecule has 0 heterocycles. The summed E-state index contributed by atoms with van der Waals surface area (Å²) in [6.45, 7) is 3.20. The van der Waals surface area contributed by atoms with Gasteiger partial charge in [0.25, 0.3) is 0 Å². The van der Waals surface area contributed by atoms with Crippen LogP contribution in [0.4, 0.5) is 0 Å². The average Bonchev–Trinajstić information content (AvgIpc) is 1.79. The molecule has 6 nitrogen and oxygen atoms in total. The van der Waals surface area contributed by atoms with E-state index in [0.29, 0.717) is 0 Å². The van der Waals surface area contributed by atoms with Crippen LogP contribution >= 0.6 is 0 Å². The SMILES string of the molecule is CC(C)N(N(C)S(C)(=O)=O)S(C)(=O)=O. The second-order valence-corrected chi connectivity index (χ2v) is 7.16. The van der Waals surface area contributed by atoms with Gasteiger partial charge in [-0.1, -0.05) is 0 Å². The summed E-state index contributed by atoms with van der Waals surface area (Å²) in [5.74, 6) is 0. The third kappa shape index (κ3) is 3.52. The third-order valence-electron chi connectivity index (χ3n) is 1.54. The van der Waals surface area contributed by atoms with Crippen molar-refractivity contribution in [3.05, 3.63) is 0 Å². The molecule has 0 aliphatic heterocycles. The normalized spacial score (nSPS) is 14.3. The fraction of sp³-hybridized carbons (Fsp3) is 1.00. The number of hydrogen-bond acceptors (Lipinski definition) is 4. The van der Waals surface area contributed by atoms with Crippen molar-refractivity contribution in [2.45, 2.75) is 19.9 Å². The highest BCUT2D eigenvalue weighted by Gasteiger charge is 2.30.